The van der Waals surface area contributed by atoms with Crippen LogP contribution in [0.25, 0.3) is 11.0 Å². The summed E-state index contributed by atoms with van der Waals surface area (Å²) < 4.78 is 16.8. The van der Waals surface area contributed by atoms with Gasteiger partial charge in [-0.1, -0.05) is 20.3 Å². The second kappa shape index (κ2) is 6.66. The minimum atomic E-state index is 0.742. The van der Waals surface area contributed by atoms with Crippen LogP contribution in [0.2, 0.25) is 0 Å². The Morgan fingerprint density at radius 3 is 2.55 bits per heavy atom. The minimum absolute atomic E-state index is 0.742. The summed E-state index contributed by atoms with van der Waals surface area (Å²) in [6.07, 6.45) is 2.05. The number of nitrogens with one attached hydrogen (secondary N) is 1. The number of benzene rings is 1. The third-order valence-electron chi connectivity index (χ3n) is 3.40. The van der Waals surface area contributed by atoms with Gasteiger partial charge in [0.2, 0.25) is 0 Å². The fourth-order valence-corrected chi connectivity index (χ4v) is 2.45. The molecule has 0 amide bonds. The second-order valence-electron chi connectivity index (χ2n) is 4.74. The molecule has 0 aliphatic carbocycles. The lowest BCUT2D eigenvalue weighted by molar-refractivity contribution is 0.397. The zero-order valence-electron chi connectivity index (χ0n) is 12.7. The van der Waals surface area contributed by atoms with Crippen LogP contribution in [-0.2, 0) is 13.0 Å². The van der Waals surface area contributed by atoms with E-state index in [1.165, 1.54) is 5.56 Å². The van der Waals surface area contributed by atoms with Crippen molar-refractivity contribution in [2.24, 2.45) is 0 Å². The van der Waals surface area contributed by atoms with Crippen LogP contribution >= 0.6 is 0 Å². The van der Waals surface area contributed by atoms with Crippen molar-refractivity contribution in [3.8, 4) is 11.5 Å². The Balaban J connectivity index is 2.59. The van der Waals surface area contributed by atoms with Crippen LogP contribution in [0.1, 0.15) is 31.6 Å². The van der Waals surface area contributed by atoms with Crippen molar-refractivity contribution in [1.82, 2.24) is 5.32 Å². The molecule has 2 rings (SSSR count). The summed E-state index contributed by atoms with van der Waals surface area (Å²) in [5.74, 6) is 2.56. The highest BCUT2D eigenvalue weighted by molar-refractivity contribution is 5.90. The molecule has 4 nitrogen and oxygen atoms in total. The molecule has 20 heavy (non-hydrogen) atoms. The quantitative estimate of drug-likeness (QED) is 0.841. The van der Waals surface area contributed by atoms with E-state index < -0.39 is 0 Å². The first-order chi connectivity index (χ1) is 9.74. The van der Waals surface area contributed by atoms with E-state index >= 15 is 0 Å². The Morgan fingerprint density at radius 1 is 1.15 bits per heavy atom. The highest BCUT2D eigenvalue weighted by Crippen LogP contribution is 2.37. The van der Waals surface area contributed by atoms with E-state index in [0.29, 0.717) is 0 Å². The molecule has 4 heteroatoms. The Labute approximate surface area is 120 Å². The standard InChI is InChI=1S/C16H23NO3/c1-5-7-12-15(10-17-6-2)20-14-9-11(18-3)8-13(19-4)16(12)14/h8-9,17H,5-7,10H2,1-4H3. The predicted octanol–water partition coefficient (Wildman–Crippen LogP) is 3.51. The molecule has 1 aromatic carbocycles. The summed E-state index contributed by atoms with van der Waals surface area (Å²) in [5.41, 5.74) is 2.07. The van der Waals surface area contributed by atoms with Crippen LogP contribution in [-0.4, -0.2) is 20.8 Å². The van der Waals surface area contributed by atoms with Crippen molar-refractivity contribution in [2.75, 3.05) is 20.8 Å². The van der Waals surface area contributed by atoms with Gasteiger partial charge in [0, 0.05) is 17.7 Å². The van der Waals surface area contributed by atoms with Gasteiger partial charge in [0.1, 0.15) is 22.8 Å². The third kappa shape index (κ3) is 2.75. The molecular weight excluding hydrogens is 254 g/mol. The average Bonchev–Trinajstić information content (AvgIpc) is 2.82. The molecule has 0 bridgehead atoms. The molecule has 1 N–H and O–H groups in total. The number of methoxy groups -OCH3 is 2. The van der Waals surface area contributed by atoms with Gasteiger partial charge in [-0.05, 0) is 13.0 Å². The van der Waals surface area contributed by atoms with Crippen LogP contribution in [0.3, 0.4) is 0 Å². The molecule has 0 unspecified atom stereocenters. The summed E-state index contributed by atoms with van der Waals surface area (Å²) >= 11 is 0. The molecule has 110 valence electrons. The predicted molar refractivity (Wildman–Crippen MR) is 80.7 cm³/mol. The van der Waals surface area contributed by atoms with Crippen molar-refractivity contribution in [2.45, 2.75) is 33.2 Å². The molecule has 2 aromatic rings. The Hall–Kier alpha value is -1.68. The summed E-state index contributed by atoms with van der Waals surface area (Å²) in [6, 6.07) is 3.83. The highest BCUT2D eigenvalue weighted by Gasteiger charge is 2.18. The van der Waals surface area contributed by atoms with E-state index in [2.05, 4.69) is 19.2 Å². The molecule has 1 aromatic heterocycles. The zero-order chi connectivity index (χ0) is 14.5. The third-order valence-corrected chi connectivity index (χ3v) is 3.40. The fourth-order valence-electron chi connectivity index (χ4n) is 2.45. The van der Waals surface area contributed by atoms with Crippen LogP contribution in [0, 0.1) is 0 Å². The van der Waals surface area contributed by atoms with Gasteiger partial charge in [-0.3, -0.25) is 0 Å². The lowest BCUT2D eigenvalue weighted by Crippen LogP contribution is -2.12. The maximum absolute atomic E-state index is 6.02. The van der Waals surface area contributed by atoms with Gasteiger partial charge in [-0.25, -0.2) is 0 Å². The van der Waals surface area contributed by atoms with Crippen molar-refractivity contribution < 1.29 is 13.9 Å². The maximum atomic E-state index is 6.02. The normalized spacial score (nSPS) is 11.0. The monoisotopic (exact) mass is 277 g/mol. The first-order valence-corrected chi connectivity index (χ1v) is 7.12. The maximum Gasteiger partial charge on any atom is 0.142 e. The molecule has 0 fully saturated rings. The molecule has 1 heterocycles. The van der Waals surface area contributed by atoms with Gasteiger partial charge in [-0.2, -0.15) is 0 Å². The van der Waals surface area contributed by atoms with Crippen LogP contribution in [0.4, 0.5) is 0 Å². The number of hydrogen-bond donors (Lipinski definition) is 1. The van der Waals surface area contributed by atoms with Crippen molar-refractivity contribution in [3.63, 3.8) is 0 Å². The number of fused-ring (bicyclic) bond motifs is 1. The summed E-state index contributed by atoms with van der Waals surface area (Å²) in [6.45, 7) is 5.92. The SMILES string of the molecule is CCCc1c(CNCC)oc2cc(OC)cc(OC)c12. The molecule has 0 saturated heterocycles. The Kier molecular flexibility index (Phi) is 4.90. The lowest BCUT2D eigenvalue weighted by atomic mass is 10.0. The smallest absolute Gasteiger partial charge is 0.142 e. The first kappa shape index (κ1) is 14.7. The number of furan rings is 1. The van der Waals surface area contributed by atoms with E-state index in [9.17, 15) is 0 Å². The van der Waals surface area contributed by atoms with E-state index in [-0.39, 0.29) is 0 Å². The van der Waals surface area contributed by atoms with Gasteiger partial charge >= 0.3 is 0 Å². The number of hydrogen-bond acceptors (Lipinski definition) is 4. The molecule has 0 atom stereocenters. The van der Waals surface area contributed by atoms with Crippen molar-refractivity contribution in [3.05, 3.63) is 23.5 Å². The van der Waals surface area contributed by atoms with Gasteiger partial charge in [0.15, 0.2) is 0 Å². The summed E-state index contributed by atoms with van der Waals surface area (Å²) in [7, 11) is 3.33. The topological polar surface area (TPSA) is 43.6 Å². The summed E-state index contributed by atoms with van der Waals surface area (Å²) in [4.78, 5) is 0. The molecule has 0 radical (unpaired) electrons. The fraction of sp³-hybridized carbons (Fsp3) is 0.500. The Bertz CT molecular complexity index is 575. The van der Waals surface area contributed by atoms with E-state index in [1.807, 2.05) is 12.1 Å². The van der Waals surface area contributed by atoms with Crippen LogP contribution < -0.4 is 14.8 Å². The van der Waals surface area contributed by atoms with E-state index in [0.717, 1.165) is 54.2 Å². The number of rotatable bonds is 7. The van der Waals surface area contributed by atoms with Gasteiger partial charge in [0.05, 0.1) is 26.2 Å². The van der Waals surface area contributed by atoms with Gasteiger partial charge < -0.3 is 19.2 Å². The number of aryl methyl sites for hydroxylation is 1. The van der Waals surface area contributed by atoms with Crippen molar-refractivity contribution >= 4 is 11.0 Å². The van der Waals surface area contributed by atoms with Crippen LogP contribution in [0.15, 0.2) is 16.5 Å². The highest BCUT2D eigenvalue weighted by atomic mass is 16.5. The van der Waals surface area contributed by atoms with E-state index in [4.69, 9.17) is 13.9 Å². The molecular formula is C16H23NO3. The first-order valence-electron chi connectivity index (χ1n) is 7.12. The molecule has 0 aliphatic rings. The molecule has 0 saturated carbocycles. The largest absolute Gasteiger partial charge is 0.496 e. The molecule has 0 spiro atoms. The number of ether oxygens (including phenoxy) is 2. The lowest BCUT2D eigenvalue weighted by Gasteiger charge is -2.07. The van der Waals surface area contributed by atoms with Gasteiger partial charge in [0.25, 0.3) is 0 Å². The molecule has 0 aliphatic heterocycles. The second-order valence-corrected chi connectivity index (χ2v) is 4.74. The Morgan fingerprint density at radius 2 is 1.95 bits per heavy atom. The van der Waals surface area contributed by atoms with Crippen LogP contribution in [0.5, 0.6) is 11.5 Å². The van der Waals surface area contributed by atoms with Gasteiger partial charge in [-0.15, -0.1) is 0 Å². The van der Waals surface area contributed by atoms with Crippen molar-refractivity contribution in [1.29, 1.82) is 0 Å². The zero-order valence-corrected chi connectivity index (χ0v) is 12.7. The summed E-state index contributed by atoms with van der Waals surface area (Å²) in [5, 5.41) is 4.40. The average molecular weight is 277 g/mol. The van der Waals surface area contributed by atoms with E-state index in [1.54, 1.807) is 14.2 Å². The minimum Gasteiger partial charge on any atom is -0.496 e.